The van der Waals surface area contributed by atoms with Crippen LogP contribution in [0.1, 0.15) is 27.2 Å². The van der Waals surface area contributed by atoms with Crippen LogP contribution in [-0.2, 0) is 4.79 Å². The van der Waals surface area contributed by atoms with Crippen LogP contribution in [0.2, 0.25) is 0 Å². The predicted molar refractivity (Wildman–Crippen MR) is 75.5 cm³/mol. The Morgan fingerprint density at radius 1 is 1.39 bits per heavy atom. The van der Waals surface area contributed by atoms with Gasteiger partial charge in [0, 0.05) is 19.1 Å². The molecular formula is C14H29N3O. The van der Waals surface area contributed by atoms with Gasteiger partial charge in [-0.25, -0.2) is 0 Å². The maximum absolute atomic E-state index is 12.1. The first-order chi connectivity index (χ1) is 8.41. The van der Waals surface area contributed by atoms with E-state index in [1.807, 2.05) is 0 Å². The molecule has 0 bridgehead atoms. The molecule has 3 atom stereocenters. The summed E-state index contributed by atoms with van der Waals surface area (Å²) >= 11 is 0. The van der Waals surface area contributed by atoms with E-state index in [0.717, 1.165) is 26.1 Å². The lowest BCUT2D eigenvalue weighted by Crippen LogP contribution is -2.44. The highest BCUT2D eigenvalue weighted by molar-refractivity contribution is 5.79. The summed E-state index contributed by atoms with van der Waals surface area (Å²) in [4.78, 5) is 14.3. The summed E-state index contributed by atoms with van der Waals surface area (Å²) in [6.07, 6.45) is 1.12. The normalized spacial score (nSPS) is 25.7. The molecule has 0 radical (unpaired) electrons. The molecule has 0 spiro atoms. The van der Waals surface area contributed by atoms with E-state index >= 15 is 0 Å². The molecule has 1 amide bonds. The van der Waals surface area contributed by atoms with Crippen molar-refractivity contribution in [1.82, 2.24) is 15.5 Å². The molecule has 0 saturated carbocycles. The maximum Gasteiger partial charge on any atom is 0.224 e. The van der Waals surface area contributed by atoms with Gasteiger partial charge in [-0.15, -0.1) is 0 Å². The number of hydrogen-bond donors (Lipinski definition) is 2. The average molecular weight is 255 g/mol. The number of amides is 1. The first-order valence-corrected chi connectivity index (χ1v) is 7.06. The van der Waals surface area contributed by atoms with Crippen molar-refractivity contribution in [3.05, 3.63) is 0 Å². The second-order valence-electron chi connectivity index (χ2n) is 6.23. The molecule has 1 aliphatic rings. The molecule has 0 aromatic carbocycles. The fraction of sp³-hybridized carbons (Fsp3) is 0.929. The number of nitrogens with one attached hydrogen (secondary N) is 2. The number of hydrogen-bond acceptors (Lipinski definition) is 3. The van der Waals surface area contributed by atoms with Gasteiger partial charge in [0.2, 0.25) is 5.91 Å². The maximum atomic E-state index is 12.1. The third kappa shape index (κ3) is 4.58. The number of carbonyl (C=O) groups is 1. The number of nitrogens with zero attached hydrogens (tertiary/aromatic N) is 1. The molecule has 1 saturated heterocycles. The van der Waals surface area contributed by atoms with E-state index in [-0.39, 0.29) is 11.8 Å². The zero-order chi connectivity index (χ0) is 13.7. The minimum absolute atomic E-state index is 0.145. The molecule has 1 heterocycles. The Labute approximate surface area is 111 Å². The molecule has 3 unspecified atom stereocenters. The van der Waals surface area contributed by atoms with Crippen molar-refractivity contribution in [1.29, 1.82) is 0 Å². The van der Waals surface area contributed by atoms with Gasteiger partial charge in [-0.3, -0.25) is 4.79 Å². The third-order valence-electron chi connectivity index (χ3n) is 3.84. The van der Waals surface area contributed by atoms with Gasteiger partial charge in [-0.1, -0.05) is 20.8 Å². The van der Waals surface area contributed by atoms with Crippen molar-refractivity contribution in [2.45, 2.75) is 33.2 Å². The van der Waals surface area contributed by atoms with Crippen molar-refractivity contribution in [2.24, 2.45) is 17.8 Å². The summed E-state index contributed by atoms with van der Waals surface area (Å²) in [5, 5.41) is 6.40. The predicted octanol–water partition coefficient (Wildman–Crippen LogP) is 0.934. The van der Waals surface area contributed by atoms with Crippen molar-refractivity contribution >= 4 is 5.91 Å². The zero-order valence-corrected chi connectivity index (χ0v) is 12.5. The van der Waals surface area contributed by atoms with Gasteiger partial charge in [-0.05, 0) is 38.9 Å². The van der Waals surface area contributed by atoms with E-state index in [1.54, 1.807) is 0 Å². The smallest absolute Gasteiger partial charge is 0.224 e. The minimum atomic E-state index is 0.145. The van der Waals surface area contributed by atoms with E-state index in [0.29, 0.717) is 17.9 Å². The van der Waals surface area contributed by atoms with Gasteiger partial charge < -0.3 is 15.5 Å². The molecule has 2 N–H and O–H groups in total. The molecule has 0 aromatic rings. The van der Waals surface area contributed by atoms with Gasteiger partial charge >= 0.3 is 0 Å². The van der Waals surface area contributed by atoms with Crippen LogP contribution < -0.4 is 10.6 Å². The van der Waals surface area contributed by atoms with Crippen LogP contribution in [0.5, 0.6) is 0 Å². The second-order valence-corrected chi connectivity index (χ2v) is 6.23. The first kappa shape index (κ1) is 15.4. The molecule has 1 fully saturated rings. The standard InChI is InChI=1S/C14H29N3O/c1-10(2)6-12(17(4)5)8-16-14(18)13-9-15-7-11(13)3/h10-13,15H,6-9H2,1-5H3,(H,16,18). The van der Waals surface area contributed by atoms with Crippen molar-refractivity contribution < 1.29 is 4.79 Å². The minimum Gasteiger partial charge on any atom is -0.354 e. The molecule has 4 nitrogen and oxygen atoms in total. The zero-order valence-electron chi connectivity index (χ0n) is 12.5. The summed E-state index contributed by atoms with van der Waals surface area (Å²) in [6, 6.07) is 0.429. The lowest BCUT2D eigenvalue weighted by molar-refractivity contribution is -0.125. The quantitative estimate of drug-likeness (QED) is 0.742. The van der Waals surface area contributed by atoms with Gasteiger partial charge in [0.25, 0.3) is 0 Å². The Hall–Kier alpha value is -0.610. The molecule has 1 aliphatic heterocycles. The number of rotatable bonds is 6. The van der Waals surface area contributed by atoms with Gasteiger partial charge in [-0.2, -0.15) is 0 Å². The summed E-state index contributed by atoms with van der Waals surface area (Å²) in [6.45, 7) is 9.13. The lowest BCUT2D eigenvalue weighted by atomic mass is 9.97. The van der Waals surface area contributed by atoms with Crippen LogP contribution in [0.4, 0.5) is 0 Å². The fourth-order valence-corrected chi connectivity index (χ4v) is 2.53. The van der Waals surface area contributed by atoms with Crippen LogP contribution in [0.3, 0.4) is 0 Å². The Balaban J connectivity index is 2.39. The van der Waals surface area contributed by atoms with Crippen LogP contribution >= 0.6 is 0 Å². The fourth-order valence-electron chi connectivity index (χ4n) is 2.53. The Morgan fingerprint density at radius 2 is 2.06 bits per heavy atom. The van der Waals surface area contributed by atoms with Gasteiger partial charge in [0.1, 0.15) is 0 Å². The van der Waals surface area contributed by atoms with Crippen molar-refractivity contribution in [2.75, 3.05) is 33.7 Å². The molecule has 106 valence electrons. The highest BCUT2D eigenvalue weighted by Gasteiger charge is 2.29. The van der Waals surface area contributed by atoms with Crippen molar-refractivity contribution in [3.63, 3.8) is 0 Å². The Bertz CT molecular complexity index is 266. The highest BCUT2D eigenvalue weighted by atomic mass is 16.1. The van der Waals surface area contributed by atoms with Gasteiger partial charge in [0.15, 0.2) is 0 Å². The molecular weight excluding hydrogens is 226 g/mol. The monoisotopic (exact) mass is 255 g/mol. The highest BCUT2D eigenvalue weighted by Crippen LogP contribution is 2.16. The third-order valence-corrected chi connectivity index (χ3v) is 3.84. The van der Waals surface area contributed by atoms with E-state index in [1.165, 1.54) is 0 Å². The van der Waals surface area contributed by atoms with E-state index in [2.05, 4.69) is 50.4 Å². The summed E-state index contributed by atoms with van der Waals surface area (Å²) in [5.74, 6) is 1.46. The van der Waals surface area contributed by atoms with Crippen LogP contribution in [0.25, 0.3) is 0 Å². The van der Waals surface area contributed by atoms with Crippen molar-refractivity contribution in [3.8, 4) is 0 Å². The molecule has 0 aliphatic carbocycles. The molecule has 0 aromatic heterocycles. The van der Waals surface area contributed by atoms with Crippen LogP contribution in [0, 0.1) is 17.8 Å². The lowest BCUT2D eigenvalue weighted by Gasteiger charge is -2.27. The van der Waals surface area contributed by atoms with Gasteiger partial charge in [0.05, 0.1) is 5.92 Å². The first-order valence-electron chi connectivity index (χ1n) is 7.06. The van der Waals surface area contributed by atoms with Crippen LogP contribution in [-0.4, -0.2) is 50.6 Å². The van der Waals surface area contributed by atoms with E-state index in [4.69, 9.17) is 0 Å². The molecule has 18 heavy (non-hydrogen) atoms. The topological polar surface area (TPSA) is 44.4 Å². The average Bonchev–Trinajstić information content (AvgIpc) is 2.69. The van der Waals surface area contributed by atoms with E-state index < -0.39 is 0 Å². The number of carbonyl (C=O) groups excluding carboxylic acids is 1. The summed E-state index contributed by atoms with van der Waals surface area (Å²) in [5.41, 5.74) is 0. The Morgan fingerprint density at radius 3 is 2.50 bits per heavy atom. The Kier molecular flexibility index (Phi) is 6.09. The second kappa shape index (κ2) is 7.10. The summed E-state index contributed by atoms with van der Waals surface area (Å²) < 4.78 is 0. The summed E-state index contributed by atoms with van der Waals surface area (Å²) in [7, 11) is 4.16. The van der Waals surface area contributed by atoms with E-state index in [9.17, 15) is 4.79 Å². The molecule has 4 heteroatoms. The SMILES string of the molecule is CC(C)CC(CNC(=O)C1CNCC1C)N(C)C. The van der Waals surface area contributed by atoms with Crippen LogP contribution in [0.15, 0.2) is 0 Å². The largest absolute Gasteiger partial charge is 0.354 e. The number of likely N-dealkylation sites (N-methyl/N-ethyl adjacent to an activating group) is 1. The molecule has 1 rings (SSSR count).